The van der Waals surface area contributed by atoms with Gasteiger partial charge in [0.15, 0.2) is 0 Å². The van der Waals surface area contributed by atoms with E-state index in [0.717, 1.165) is 34.0 Å². The van der Waals surface area contributed by atoms with Gasteiger partial charge in [0.2, 0.25) is 5.91 Å². The molecule has 0 fully saturated rings. The molecule has 2 aromatic carbocycles. The molecule has 1 N–H and O–H groups in total. The lowest BCUT2D eigenvalue weighted by Gasteiger charge is -2.08. The van der Waals surface area contributed by atoms with Crippen LogP contribution in [0.15, 0.2) is 79.1 Å². The topological polar surface area (TPSA) is 69.0 Å². The molecule has 0 saturated carbocycles. The zero-order valence-corrected chi connectivity index (χ0v) is 18.4. The fourth-order valence-corrected chi connectivity index (χ4v) is 3.58. The highest BCUT2D eigenvalue weighted by atomic mass is 35.5. The number of ether oxygens (including phenoxy) is 1. The van der Waals surface area contributed by atoms with Gasteiger partial charge in [-0.15, -0.1) is 0 Å². The summed E-state index contributed by atoms with van der Waals surface area (Å²) in [5, 5.41) is 8.36. The molecule has 0 aliphatic heterocycles. The highest BCUT2D eigenvalue weighted by molar-refractivity contribution is 6.30. The van der Waals surface area contributed by atoms with Crippen molar-refractivity contribution in [3.05, 3.63) is 95.4 Å². The lowest BCUT2D eigenvalue weighted by Crippen LogP contribution is -2.23. The Morgan fingerprint density at radius 2 is 1.94 bits per heavy atom. The van der Waals surface area contributed by atoms with Crippen molar-refractivity contribution in [2.75, 3.05) is 7.11 Å². The summed E-state index contributed by atoms with van der Waals surface area (Å²) in [6, 6.07) is 21.0. The molecule has 32 heavy (non-hydrogen) atoms. The molecule has 0 spiro atoms. The van der Waals surface area contributed by atoms with Crippen LogP contribution in [0.3, 0.4) is 0 Å². The molecule has 0 unspecified atom stereocenters. The Balaban J connectivity index is 1.48. The second-order valence-electron chi connectivity index (χ2n) is 7.28. The molecule has 162 valence electrons. The summed E-state index contributed by atoms with van der Waals surface area (Å²) in [5.41, 5.74) is 4.57. The number of hydrogen-bond donors (Lipinski definition) is 1. The first-order valence-electron chi connectivity index (χ1n) is 10.3. The van der Waals surface area contributed by atoms with Crippen molar-refractivity contribution < 1.29 is 9.53 Å². The minimum absolute atomic E-state index is 0.0353. The van der Waals surface area contributed by atoms with Crippen LogP contribution in [0, 0.1) is 0 Å². The molecule has 0 radical (unpaired) electrons. The van der Waals surface area contributed by atoms with Gasteiger partial charge in [-0.25, -0.2) is 4.68 Å². The summed E-state index contributed by atoms with van der Waals surface area (Å²) in [5.74, 6) is 0.743. The molecule has 0 aliphatic rings. The number of halogens is 1. The second kappa shape index (κ2) is 10.1. The monoisotopic (exact) mass is 446 g/mol. The van der Waals surface area contributed by atoms with Crippen LogP contribution >= 0.6 is 11.6 Å². The minimum Gasteiger partial charge on any atom is -0.497 e. The number of nitrogens with one attached hydrogen (secondary N) is 1. The maximum atomic E-state index is 12.4. The van der Waals surface area contributed by atoms with E-state index in [9.17, 15) is 4.79 Å². The Hall–Kier alpha value is -3.64. The van der Waals surface area contributed by atoms with Crippen molar-refractivity contribution in [1.82, 2.24) is 20.1 Å². The van der Waals surface area contributed by atoms with Gasteiger partial charge in [0.1, 0.15) is 5.75 Å². The van der Waals surface area contributed by atoms with Crippen molar-refractivity contribution in [3.8, 4) is 22.7 Å². The molecular weight excluding hydrogens is 424 g/mol. The third-order valence-electron chi connectivity index (χ3n) is 5.02. The molecule has 0 aliphatic carbocycles. The average molecular weight is 447 g/mol. The third kappa shape index (κ3) is 5.34. The number of carbonyl (C=O) groups excluding carboxylic acids is 1. The van der Waals surface area contributed by atoms with Crippen molar-refractivity contribution in [1.29, 1.82) is 0 Å². The van der Waals surface area contributed by atoms with Gasteiger partial charge in [-0.1, -0.05) is 23.7 Å². The molecule has 6 nitrogen and oxygen atoms in total. The number of nitrogens with zero attached hydrogens (tertiary/aromatic N) is 3. The molecule has 0 atom stereocenters. The Kier molecular flexibility index (Phi) is 6.82. The average Bonchev–Trinajstić information content (AvgIpc) is 3.26. The normalized spacial score (nSPS) is 10.7. The van der Waals surface area contributed by atoms with Crippen LogP contribution in [-0.4, -0.2) is 27.8 Å². The number of amides is 1. The lowest BCUT2D eigenvalue weighted by atomic mass is 10.1. The molecular formula is C25H23ClN4O2. The first-order valence-corrected chi connectivity index (χ1v) is 10.6. The number of methoxy groups -OCH3 is 1. The Morgan fingerprint density at radius 1 is 1.09 bits per heavy atom. The Morgan fingerprint density at radius 3 is 2.66 bits per heavy atom. The van der Waals surface area contributed by atoms with E-state index in [2.05, 4.69) is 10.3 Å². The van der Waals surface area contributed by atoms with Gasteiger partial charge in [-0.05, 0) is 60.2 Å². The number of hydrogen-bond acceptors (Lipinski definition) is 4. The Bertz CT molecular complexity index is 1190. The van der Waals surface area contributed by atoms with Gasteiger partial charge in [-0.2, -0.15) is 5.10 Å². The maximum Gasteiger partial charge on any atom is 0.220 e. The SMILES string of the molecule is COc1ccc(-n2nc(CCC(=O)NCc3cccc(Cl)c3)cc2-c2cccnc2)cc1. The van der Waals surface area contributed by atoms with E-state index in [4.69, 9.17) is 21.4 Å². The summed E-state index contributed by atoms with van der Waals surface area (Å²) >= 11 is 6.00. The summed E-state index contributed by atoms with van der Waals surface area (Å²) in [6.07, 6.45) is 4.41. The van der Waals surface area contributed by atoms with Gasteiger partial charge < -0.3 is 10.1 Å². The van der Waals surface area contributed by atoms with E-state index in [1.54, 1.807) is 19.5 Å². The van der Waals surface area contributed by atoms with E-state index >= 15 is 0 Å². The number of carbonyl (C=O) groups is 1. The number of rotatable bonds is 8. The van der Waals surface area contributed by atoms with Crippen molar-refractivity contribution in [2.24, 2.45) is 0 Å². The van der Waals surface area contributed by atoms with E-state index in [1.165, 1.54) is 0 Å². The molecule has 1 amide bonds. The van der Waals surface area contributed by atoms with Crippen LogP contribution in [0.2, 0.25) is 5.02 Å². The van der Waals surface area contributed by atoms with Crippen LogP contribution < -0.4 is 10.1 Å². The molecule has 2 heterocycles. The van der Waals surface area contributed by atoms with Gasteiger partial charge in [0.25, 0.3) is 0 Å². The number of pyridine rings is 1. The molecule has 2 aromatic heterocycles. The van der Waals surface area contributed by atoms with Crippen LogP contribution in [0.1, 0.15) is 17.7 Å². The van der Waals surface area contributed by atoms with Crippen molar-refractivity contribution in [2.45, 2.75) is 19.4 Å². The molecule has 0 saturated heterocycles. The molecule has 4 rings (SSSR count). The zero-order valence-electron chi connectivity index (χ0n) is 17.7. The smallest absolute Gasteiger partial charge is 0.220 e. The standard InChI is InChI=1S/C25H23ClN4O2/c1-32-23-10-8-22(9-11-23)30-24(19-5-3-13-27-17-19)15-21(29-30)7-12-25(31)28-16-18-4-2-6-20(26)14-18/h2-6,8-11,13-15,17H,7,12,16H2,1H3,(H,28,31). The maximum absolute atomic E-state index is 12.4. The van der Waals surface area contributed by atoms with E-state index in [-0.39, 0.29) is 5.91 Å². The summed E-state index contributed by atoms with van der Waals surface area (Å²) in [7, 11) is 1.64. The highest BCUT2D eigenvalue weighted by Crippen LogP contribution is 2.25. The zero-order chi connectivity index (χ0) is 22.3. The van der Waals surface area contributed by atoms with Crippen LogP contribution in [0.4, 0.5) is 0 Å². The summed E-state index contributed by atoms with van der Waals surface area (Å²) in [6.45, 7) is 0.445. The molecule has 7 heteroatoms. The largest absolute Gasteiger partial charge is 0.497 e. The fourth-order valence-electron chi connectivity index (χ4n) is 3.37. The van der Waals surface area contributed by atoms with Gasteiger partial charge >= 0.3 is 0 Å². The van der Waals surface area contributed by atoms with Crippen molar-refractivity contribution in [3.63, 3.8) is 0 Å². The second-order valence-corrected chi connectivity index (χ2v) is 7.72. The third-order valence-corrected chi connectivity index (χ3v) is 5.26. The summed E-state index contributed by atoms with van der Waals surface area (Å²) < 4.78 is 7.13. The van der Waals surface area contributed by atoms with E-state index in [1.807, 2.05) is 71.4 Å². The van der Waals surface area contributed by atoms with Gasteiger partial charge in [-0.3, -0.25) is 9.78 Å². The number of benzene rings is 2. The first-order chi connectivity index (χ1) is 15.6. The predicted molar refractivity (Wildman–Crippen MR) is 125 cm³/mol. The fraction of sp³-hybridized carbons (Fsp3) is 0.160. The molecule has 0 bridgehead atoms. The van der Waals surface area contributed by atoms with Crippen LogP contribution in [0.25, 0.3) is 16.9 Å². The van der Waals surface area contributed by atoms with Gasteiger partial charge in [0.05, 0.1) is 24.2 Å². The Labute approximate surface area is 191 Å². The quantitative estimate of drug-likeness (QED) is 0.420. The summed E-state index contributed by atoms with van der Waals surface area (Å²) in [4.78, 5) is 16.6. The highest BCUT2D eigenvalue weighted by Gasteiger charge is 2.13. The molecule has 4 aromatic rings. The van der Waals surface area contributed by atoms with Crippen molar-refractivity contribution >= 4 is 17.5 Å². The van der Waals surface area contributed by atoms with E-state index in [0.29, 0.717) is 24.4 Å². The number of aryl methyl sites for hydroxylation is 1. The van der Waals surface area contributed by atoms with E-state index < -0.39 is 0 Å². The van der Waals surface area contributed by atoms with Gasteiger partial charge in [0, 0.05) is 42.4 Å². The van der Waals surface area contributed by atoms with Crippen LogP contribution in [-0.2, 0) is 17.8 Å². The van der Waals surface area contributed by atoms with Crippen LogP contribution in [0.5, 0.6) is 5.75 Å². The minimum atomic E-state index is -0.0353. The predicted octanol–water partition coefficient (Wildman–Crippen LogP) is 4.85. The lowest BCUT2D eigenvalue weighted by molar-refractivity contribution is -0.121. The number of aromatic nitrogens is 3. The first kappa shape index (κ1) is 21.6.